The Balaban J connectivity index is 1.93. The SMILES string of the molecule is CCNC(Cc1ccc(F)cc1)c1cccc2ccsc12. The molecule has 0 saturated heterocycles. The van der Waals surface area contributed by atoms with E-state index < -0.39 is 0 Å². The van der Waals surface area contributed by atoms with Crippen LogP contribution >= 0.6 is 11.3 Å². The highest BCUT2D eigenvalue weighted by molar-refractivity contribution is 7.17. The smallest absolute Gasteiger partial charge is 0.123 e. The van der Waals surface area contributed by atoms with Crippen molar-refractivity contribution in [3.63, 3.8) is 0 Å². The highest BCUT2D eigenvalue weighted by atomic mass is 32.1. The minimum absolute atomic E-state index is 0.181. The van der Waals surface area contributed by atoms with E-state index in [9.17, 15) is 4.39 Å². The zero-order valence-electron chi connectivity index (χ0n) is 12.0. The maximum atomic E-state index is 13.0. The lowest BCUT2D eigenvalue weighted by Crippen LogP contribution is -2.23. The Morgan fingerprint density at radius 1 is 1.10 bits per heavy atom. The van der Waals surface area contributed by atoms with Crippen LogP contribution in [0.5, 0.6) is 0 Å². The first kappa shape index (κ1) is 14.2. The molecule has 1 nitrogen and oxygen atoms in total. The minimum Gasteiger partial charge on any atom is -0.310 e. The van der Waals surface area contributed by atoms with E-state index in [1.54, 1.807) is 11.3 Å². The van der Waals surface area contributed by atoms with E-state index in [0.29, 0.717) is 0 Å². The number of thiophene rings is 1. The van der Waals surface area contributed by atoms with Crippen molar-refractivity contribution in [2.75, 3.05) is 6.54 Å². The molecule has 1 atom stereocenters. The van der Waals surface area contributed by atoms with Gasteiger partial charge in [-0.25, -0.2) is 4.39 Å². The summed E-state index contributed by atoms with van der Waals surface area (Å²) in [6.45, 7) is 3.03. The summed E-state index contributed by atoms with van der Waals surface area (Å²) in [6, 6.07) is 15.7. The van der Waals surface area contributed by atoms with Crippen LogP contribution in [0, 0.1) is 5.82 Å². The van der Waals surface area contributed by atoms with Crippen LogP contribution in [0.25, 0.3) is 10.1 Å². The third-order valence-electron chi connectivity index (χ3n) is 3.69. The van der Waals surface area contributed by atoms with Crippen molar-refractivity contribution in [2.45, 2.75) is 19.4 Å². The predicted octanol–water partition coefficient (Wildman–Crippen LogP) is 4.93. The topological polar surface area (TPSA) is 12.0 Å². The lowest BCUT2D eigenvalue weighted by molar-refractivity contribution is 0.552. The van der Waals surface area contributed by atoms with Gasteiger partial charge in [-0.3, -0.25) is 0 Å². The van der Waals surface area contributed by atoms with E-state index in [4.69, 9.17) is 0 Å². The van der Waals surface area contributed by atoms with Crippen molar-refractivity contribution in [2.24, 2.45) is 0 Å². The van der Waals surface area contributed by atoms with Crippen molar-refractivity contribution < 1.29 is 4.39 Å². The fraction of sp³-hybridized carbons (Fsp3) is 0.222. The van der Waals surface area contributed by atoms with E-state index in [2.05, 4.69) is 41.9 Å². The quantitative estimate of drug-likeness (QED) is 0.704. The molecule has 0 bridgehead atoms. The molecule has 0 radical (unpaired) electrons. The van der Waals surface area contributed by atoms with Crippen molar-refractivity contribution in [1.82, 2.24) is 5.32 Å². The molecule has 0 saturated carbocycles. The molecule has 0 fully saturated rings. The molecule has 1 heterocycles. The van der Waals surface area contributed by atoms with Gasteiger partial charge in [-0.1, -0.05) is 37.3 Å². The second-order valence-corrected chi connectivity index (χ2v) is 6.04. The number of fused-ring (bicyclic) bond motifs is 1. The third-order valence-corrected chi connectivity index (χ3v) is 4.67. The first-order valence-electron chi connectivity index (χ1n) is 7.22. The molecule has 108 valence electrons. The van der Waals surface area contributed by atoms with E-state index in [1.165, 1.54) is 27.8 Å². The number of likely N-dealkylation sites (N-methyl/N-ethyl adjacent to an activating group) is 1. The number of nitrogens with one attached hydrogen (secondary N) is 1. The molecule has 1 N–H and O–H groups in total. The summed E-state index contributed by atoms with van der Waals surface area (Å²) in [5.41, 5.74) is 2.48. The Morgan fingerprint density at radius 2 is 1.90 bits per heavy atom. The van der Waals surface area contributed by atoms with Crippen molar-refractivity contribution in [1.29, 1.82) is 0 Å². The van der Waals surface area contributed by atoms with Crippen LogP contribution in [0.1, 0.15) is 24.1 Å². The Hall–Kier alpha value is -1.71. The van der Waals surface area contributed by atoms with E-state index >= 15 is 0 Å². The lowest BCUT2D eigenvalue weighted by atomic mass is 9.98. The second kappa shape index (κ2) is 6.37. The van der Waals surface area contributed by atoms with Crippen LogP contribution in [0.15, 0.2) is 53.9 Å². The molecule has 1 aromatic heterocycles. The number of benzene rings is 2. The van der Waals surface area contributed by atoms with Gasteiger partial charge in [0.1, 0.15) is 5.82 Å². The molecule has 1 unspecified atom stereocenters. The van der Waals surface area contributed by atoms with Crippen molar-refractivity contribution in [3.8, 4) is 0 Å². The van der Waals surface area contributed by atoms with Gasteiger partial charge < -0.3 is 5.32 Å². The van der Waals surface area contributed by atoms with Gasteiger partial charge in [0.05, 0.1) is 0 Å². The van der Waals surface area contributed by atoms with Gasteiger partial charge in [-0.15, -0.1) is 11.3 Å². The molecule has 0 aliphatic heterocycles. The largest absolute Gasteiger partial charge is 0.310 e. The molecule has 3 aromatic rings. The summed E-state index contributed by atoms with van der Waals surface area (Å²) in [5.74, 6) is -0.181. The summed E-state index contributed by atoms with van der Waals surface area (Å²) >= 11 is 1.78. The number of hydrogen-bond acceptors (Lipinski definition) is 2. The first-order chi connectivity index (χ1) is 10.3. The average molecular weight is 299 g/mol. The summed E-state index contributed by atoms with van der Waals surface area (Å²) in [7, 11) is 0. The molecule has 0 aliphatic rings. The zero-order valence-corrected chi connectivity index (χ0v) is 12.8. The van der Waals surface area contributed by atoms with E-state index in [0.717, 1.165) is 18.5 Å². The van der Waals surface area contributed by atoms with Gasteiger partial charge >= 0.3 is 0 Å². The normalized spacial score (nSPS) is 12.7. The summed E-state index contributed by atoms with van der Waals surface area (Å²) < 4.78 is 14.4. The highest BCUT2D eigenvalue weighted by Crippen LogP contribution is 2.30. The molecule has 3 heteroatoms. The van der Waals surface area contributed by atoms with Crippen molar-refractivity contribution >= 4 is 21.4 Å². The molecule has 2 aromatic carbocycles. The van der Waals surface area contributed by atoms with Gasteiger partial charge in [-0.2, -0.15) is 0 Å². The second-order valence-electron chi connectivity index (χ2n) is 5.13. The van der Waals surface area contributed by atoms with Crippen LogP contribution in [0.2, 0.25) is 0 Å². The van der Waals surface area contributed by atoms with Gasteiger partial charge in [0.15, 0.2) is 0 Å². The average Bonchev–Trinajstić information content (AvgIpc) is 2.97. The first-order valence-corrected chi connectivity index (χ1v) is 8.10. The van der Waals surface area contributed by atoms with Crippen LogP contribution in [-0.4, -0.2) is 6.54 Å². The monoisotopic (exact) mass is 299 g/mol. The van der Waals surface area contributed by atoms with Crippen molar-refractivity contribution in [3.05, 3.63) is 70.9 Å². The molecule has 21 heavy (non-hydrogen) atoms. The predicted molar refractivity (Wildman–Crippen MR) is 88.3 cm³/mol. The molecule has 0 amide bonds. The Kier molecular flexibility index (Phi) is 4.32. The number of halogens is 1. The molecule has 3 rings (SSSR count). The highest BCUT2D eigenvalue weighted by Gasteiger charge is 2.14. The molecular weight excluding hydrogens is 281 g/mol. The lowest BCUT2D eigenvalue weighted by Gasteiger charge is -2.19. The summed E-state index contributed by atoms with van der Waals surface area (Å²) in [5, 5.41) is 6.98. The Bertz CT molecular complexity index is 717. The van der Waals surface area contributed by atoms with Gasteiger partial charge in [0, 0.05) is 10.7 Å². The summed E-state index contributed by atoms with van der Waals surface area (Å²) in [6.07, 6.45) is 0.866. The molecule has 0 aliphatic carbocycles. The standard InChI is InChI=1S/C18H18FNS/c1-2-20-17(12-13-6-8-15(19)9-7-13)16-5-3-4-14-10-11-21-18(14)16/h3-11,17,20H,2,12H2,1H3. The van der Waals surface area contributed by atoms with E-state index in [-0.39, 0.29) is 11.9 Å². The molecule has 0 spiro atoms. The fourth-order valence-corrected chi connectivity index (χ4v) is 3.65. The maximum absolute atomic E-state index is 13.0. The molecular formula is C18H18FNS. The van der Waals surface area contributed by atoms with Gasteiger partial charge in [0.25, 0.3) is 0 Å². The van der Waals surface area contributed by atoms with Crippen LogP contribution in [-0.2, 0) is 6.42 Å². The van der Waals surface area contributed by atoms with Crippen LogP contribution in [0.4, 0.5) is 4.39 Å². The third kappa shape index (κ3) is 3.14. The zero-order chi connectivity index (χ0) is 14.7. The van der Waals surface area contributed by atoms with Gasteiger partial charge in [-0.05, 0) is 53.1 Å². The van der Waals surface area contributed by atoms with E-state index in [1.807, 2.05) is 12.1 Å². The van der Waals surface area contributed by atoms with Crippen LogP contribution in [0.3, 0.4) is 0 Å². The Labute approximate surface area is 128 Å². The maximum Gasteiger partial charge on any atom is 0.123 e. The van der Waals surface area contributed by atoms with Gasteiger partial charge in [0.2, 0.25) is 0 Å². The number of rotatable bonds is 5. The van der Waals surface area contributed by atoms with Crippen LogP contribution < -0.4 is 5.32 Å². The number of hydrogen-bond donors (Lipinski definition) is 1. The summed E-state index contributed by atoms with van der Waals surface area (Å²) in [4.78, 5) is 0. The Morgan fingerprint density at radius 3 is 2.67 bits per heavy atom. The fourth-order valence-electron chi connectivity index (χ4n) is 2.69. The minimum atomic E-state index is -0.181.